The lowest BCUT2D eigenvalue weighted by molar-refractivity contribution is -0.119. The van der Waals surface area contributed by atoms with Gasteiger partial charge in [-0.15, -0.1) is 0 Å². The number of nitrogens with one attached hydrogen (secondary N) is 2. The van der Waals surface area contributed by atoms with E-state index in [0.29, 0.717) is 10.7 Å². The average Bonchev–Trinajstić information content (AvgIpc) is 2.61. The summed E-state index contributed by atoms with van der Waals surface area (Å²) in [5, 5.41) is 2.87. The number of sulfonamides is 1. The van der Waals surface area contributed by atoms with Gasteiger partial charge < -0.3 is 10.1 Å². The van der Waals surface area contributed by atoms with Gasteiger partial charge in [-0.05, 0) is 44.2 Å². The molecule has 0 unspecified atom stereocenters. The Bertz CT molecular complexity index is 944. The Hall–Kier alpha value is -2.42. The zero-order valence-electron chi connectivity index (χ0n) is 14.7. The number of anilines is 1. The van der Waals surface area contributed by atoms with Crippen molar-refractivity contribution in [1.29, 1.82) is 0 Å². The maximum atomic E-state index is 12.2. The molecule has 0 aliphatic carbocycles. The van der Waals surface area contributed by atoms with Crippen molar-refractivity contribution in [3.63, 3.8) is 0 Å². The monoisotopic (exact) mass is 410 g/mol. The van der Waals surface area contributed by atoms with Crippen LogP contribution in [0.2, 0.25) is 5.02 Å². The molecular weight excluding hydrogens is 392 g/mol. The van der Waals surface area contributed by atoms with Crippen molar-refractivity contribution in [1.82, 2.24) is 4.72 Å². The molecule has 0 saturated heterocycles. The quantitative estimate of drug-likeness (QED) is 0.683. The highest BCUT2D eigenvalue weighted by molar-refractivity contribution is 7.89. The van der Waals surface area contributed by atoms with Gasteiger partial charge in [0.2, 0.25) is 10.0 Å². The Labute approximate surface area is 162 Å². The normalized spacial score (nSPS) is 11.3. The van der Waals surface area contributed by atoms with Crippen LogP contribution in [0.15, 0.2) is 53.4 Å². The number of hydrogen-bond acceptors (Lipinski definition) is 5. The zero-order chi connectivity index (χ0) is 20.0. The summed E-state index contributed by atoms with van der Waals surface area (Å²) in [5.41, 5.74) is 0.417. The third-order valence-electron chi connectivity index (χ3n) is 3.25. The van der Waals surface area contributed by atoms with Gasteiger partial charge in [0, 0.05) is 6.04 Å². The summed E-state index contributed by atoms with van der Waals surface area (Å²) < 4.78 is 31.7. The molecule has 2 rings (SSSR count). The van der Waals surface area contributed by atoms with Gasteiger partial charge in [0.15, 0.2) is 6.61 Å². The second kappa shape index (κ2) is 8.98. The molecule has 0 aliphatic rings. The van der Waals surface area contributed by atoms with E-state index in [0.717, 1.165) is 0 Å². The summed E-state index contributed by atoms with van der Waals surface area (Å²) in [6.45, 7) is 2.84. The highest BCUT2D eigenvalue weighted by atomic mass is 35.5. The fraction of sp³-hybridized carbons (Fsp3) is 0.222. The Morgan fingerprint density at radius 1 is 1.11 bits per heavy atom. The SMILES string of the molecule is CC(C)NS(=O)(=O)c1cccc(C(=O)OCC(=O)Nc2ccccc2Cl)c1. The van der Waals surface area contributed by atoms with Gasteiger partial charge >= 0.3 is 5.97 Å². The maximum absolute atomic E-state index is 12.2. The first-order chi connectivity index (χ1) is 12.7. The first kappa shape index (κ1) is 20.9. The molecule has 27 heavy (non-hydrogen) atoms. The highest BCUT2D eigenvalue weighted by Crippen LogP contribution is 2.20. The summed E-state index contributed by atoms with van der Waals surface area (Å²) in [4.78, 5) is 24.0. The number of esters is 1. The van der Waals surface area contributed by atoms with Gasteiger partial charge in [0.25, 0.3) is 5.91 Å². The predicted molar refractivity (Wildman–Crippen MR) is 102 cm³/mol. The van der Waals surface area contributed by atoms with Crippen LogP contribution in [-0.2, 0) is 19.6 Å². The first-order valence-electron chi connectivity index (χ1n) is 8.03. The molecule has 0 aliphatic heterocycles. The molecule has 0 atom stereocenters. The zero-order valence-corrected chi connectivity index (χ0v) is 16.3. The lowest BCUT2D eigenvalue weighted by Gasteiger charge is -2.11. The van der Waals surface area contributed by atoms with E-state index < -0.39 is 28.5 Å². The van der Waals surface area contributed by atoms with Gasteiger partial charge in [-0.2, -0.15) is 0 Å². The van der Waals surface area contributed by atoms with Crippen molar-refractivity contribution < 1.29 is 22.7 Å². The number of rotatable bonds is 7. The fourth-order valence-corrected chi connectivity index (χ4v) is 3.61. The average molecular weight is 411 g/mol. The largest absolute Gasteiger partial charge is 0.452 e. The molecule has 0 aromatic heterocycles. The highest BCUT2D eigenvalue weighted by Gasteiger charge is 2.18. The molecule has 0 radical (unpaired) electrons. The van der Waals surface area contributed by atoms with Crippen molar-refractivity contribution in [2.75, 3.05) is 11.9 Å². The minimum Gasteiger partial charge on any atom is -0.452 e. The number of carbonyl (C=O) groups is 2. The van der Waals surface area contributed by atoms with Gasteiger partial charge in [0.05, 0.1) is 21.2 Å². The molecule has 2 aromatic rings. The van der Waals surface area contributed by atoms with E-state index in [9.17, 15) is 18.0 Å². The van der Waals surface area contributed by atoms with Crippen LogP contribution in [0.3, 0.4) is 0 Å². The van der Waals surface area contributed by atoms with Gasteiger partial charge in [0.1, 0.15) is 0 Å². The summed E-state index contributed by atoms with van der Waals surface area (Å²) >= 11 is 5.94. The molecule has 2 N–H and O–H groups in total. The minimum absolute atomic E-state index is 0.0205. The summed E-state index contributed by atoms with van der Waals surface area (Å²) in [6.07, 6.45) is 0. The van der Waals surface area contributed by atoms with Crippen LogP contribution in [0.4, 0.5) is 5.69 Å². The third-order valence-corrected chi connectivity index (χ3v) is 5.24. The van der Waals surface area contributed by atoms with Crippen LogP contribution in [0, 0.1) is 0 Å². The smallest absolute Gasteiger partial charge is 0.338 e. The van der Waals surface area contributed by atoms with Crippen LogP contribution in [0.1, 0.15) is 24.2 Å². The van der Waals surface area contributed by atoms with Crippen molar-refractivity contribution in [3.8, 4) is 0 Å². The van der Waals surface area contributed by atoms with Crippen LogP contribution >= 0.6 is 11.6 Å². The number of hydrogen-bond donors (Lipinski definition) is 2. The van der Waals surface area contributed by atoms with E-state index in [1.165, 1.54) is 24.3 Å². The van der Waals surface area contributed by atoms with Crippen molar-refractivity contribution >= 4 is 39.2 Å². The fourth-order valence-electron chi connectivity index (χ4n) is 2.13. The molecule has 0 saturated carbocycles. The Morgan fingerprint density at radius 2 is 1.81 bits per heavy atom. The number of ether oxygens (including phenoxy) is 1. The van der Waals surface area contributed by atoms with Crippen LogP contribution in [0.25, 0.3) is 0 Å². The molecule has 0 spiro atoms. The molecule has 2 aromatic carbocycles. The number of halogens is 1. The van der Waals surface area contributed by atoms with Crippen LogP contribution in [0.5, 0.6) is 0 Å². The molecule has 7 nitrogen and oxygen atoms in total. The molecule has 9 heteroatoms. The Balaban J connectivity index is 2.01. The maximum Gasteiger partial charge on any atom is 0.338 e. The Morgan fingerprint density at radius 3 is 2.48 bits per heavy atom. The van der Waals surface area contributed by atoms with Gasteiger partial charge in [-0.3, -0.25) is 4.79 Å². The van der Waals surface area contributed by atoms with Crippen LogP contribution in [-0.4, -0.2) is 32.9 Å². The molecule has 144 valence electrons. The van der Waals surface area contributed by atoms with E-state index in [1.54, 1.807) is 38.1 Å². The summed E-state index contributed by atoms with van der Waals surface area (Å²) in [6, 6.07) is 11.7. The number of carbonyl (C=O) groups excluding carboxylic acids is 2. The standard InChI is InChI=1S/C18H19ClN2O5S/c1-12(2)21-27(24,25)14-7-5-6-13(10-14)18(23)26-11-17(22)20-16-9-4-3-8-15(16)19/h3-10,12,21H,11H2,1-2H3,(H,20,22). The van der Waals surface area contributed by atoms with Crippen molar-refractivity contribution in [3.05, 3.63) is 59.1 Å². The number of benzene rings is 2. The predicted octanol–water partition coefficient (Wildman–Crippen LogP) is 2.82. The van der Waals surface area contributed by atoms with E-state index in [1.807, 2.05) is 0 Å². The van der Waals surface area contributed by atoms with E-state index in [4.69, 9.17) is 16.3 Å². The van der Waals surface area contributed by atoms with Gasteiger partial charge in [-0.1, -0.05) is 29.8 Å². The lowest BCUT2D eigenvalue weighted by Crippen LogP contribution is -2.30. The van der Waals surface area contributed by atoms with Crippen LogP contribution < -0.4 is 10.0 Å². The molecule has 0 heterocycles. The number of amides is 1. The van der Waals surface area contributed by atoms with Crippen molar-refractivity contribution in [2.24, 2.45) is 0 Å². The topological polar surface area (TPSA) is 102 Å². The summed E-state index contributed by atoms with van der Waals surface area (Å²) in [5.74, 6) is -1.38. The molecule has 0 bridgehead atoms. The molecule has 1 amide bonds. The second-order valence-electron chi connectivity index (χ2n) is 5.91. The van der Waals surface area contributed by atoms with Crippen molar-refractivity contribution in [2.45, 2.75) is 24.8 Å². The van der Waals surface area contributed by atoms with E-state index >= 15 is 0 Å². The molecule has 0 fully saturated rings. The van der Waals surface area contributed by atoms with Gasteiger partial charge in [-0.25, -0.2) is 17.9 Å². The lowest BCUT2D eigenvalue weighted by atomic mass is 10.2. The second-order valence-corrected chi connectivity index (χ2v) is 8.03. The van der Waals surface area contributed by atoms with E-state index in [-0.39, 0.29) is 16.5 Å². The summed E-state index contributed by atoms with van der Waals surface area (Å²) in [7, 11) is -3.74. The number of para-hydroxylation sites is 1. The Kier molecular flexibility index (Phi) is 6.95. The van der Waals surface area contributed by atoms with E-state index in [2.05, 4.69) is 10.0 Å². The third kappa shape index (κ3) is 6.06. The minimum atomic E-state index is -3.74. The first-order valence-corrected chi connectivity index (χ1v) is 9.89. The molecular formula is C18H19ClN2O5S.